The highest BCUT2D eigenvalue weighted by Gasteiger charge is 2.23. The summed E-state index contributed by atoms with van der Waals surface area (Å²) in [7, 11) is 3.97. The average Bonchev–Trinajstić information content (AvgIpc) is 3.13. The third-order valence-corrected chi connectivity index (χ3v) is 14.4. The molecule has 0 unspecified atom stereocenters. The fourth-order valence-electron chi connectivity index (χ4n) is 7.66. The molecule has 0 saturated carbocycles. The zero-order valence-electron chi connectivity index (χ0n) is 61.1. The van der Waals surface area contributed by atoms with Gasteiger partial charge in [-0.25, -0.2) is 0 Å². The van der Waals surface area contributed by atoms with E-state index >= 15 is 0 Å². The molecular weight excluding hydrogens is 1180 g/mol. The van der Waals surface area contributed by atoms with Gasteiger partial charge in [-0.05, 0) is 95.9 Å². The molecule has 93 heavy (non-hydrogen) atoms. The molecule has 4 aliphatic rings. The maximum atomic E-state index is 11.7. The van der Waals surface area contributed by atoms with E-state index in [9.17, 15) is 52.7 Å². The van der Waals surface area contributed by atoms with Crippen molar-refractivity contribution in [3.63, 3.8) is 0 Å². The van der Waals surface area contributed by atoms with Crippen molar-refractivity contribution in [3.05, 3.63) is 97.3 Å². The van der Waals surface area contributed by atoms with Crippen molar-refractivity contribution in [2.75, 3.05) is 119 Å². The molecule has 0 aromatic rings. The van der Waals surface area contributed by atoms with Crippen molar-refractivity contribution in [2.45, 2.75) is 150 Å². The van der Waals surface area contributed by atoms with Gasteiger partial charge >= 0.3 is 0 Å². The van der Waals surface area contributed by atoms with Crippen LogP contribution in [0.3, 0.4) is 0 Å². The molecule has 4 rings (SSSR count). The lowest BCUT2D eigenvalue weighted by atomic mass is 10.1. The summed E-state index contributed by atoms with van der Waals surface area (Å²) in [6, 6.07) is 0. The van der Waals surface area contributed by atoms with E-state index in [1.165, 1.54) is 0 Å². The van der Waals surface area contributed by atoms with E-state index in [-0.39, 0.29) is 106 Å². The van der Waals surface area contributed by atoms with Gasteiger partial charge in [0.1, 0.15) is 0 Å². The molecule has 4 fully saturated rings. The fraction of sp³-hybridized carbons (Fsp3) is 0.635. The lowest BCUT2D eigenvalue weighted by molar-refractivity contribution is -0.135. The number of ketones is 7. The number of piperazine rings is 3. The summed E-state index contributed by atoms with van der Waals surface area (Å²) >= 11 is 0. The van der Waals surface area contributed by atoms with Crippen LogP contribution in [0.4, 0.5) is 0 Å². The number of likely N-dealkylation sites (N-methyl/N-ethyl adjacent to an activating group) is 3. The number of hydrogen-bond acceptors (Lipinski definition) is 15. The van der Waals surface area contributed by atoms with Gasteiger partial charge in [0.2, 0.25) is 23.6 Å². The number of rotatable bonds is 27. The van der Waals surface area contributed by atoms with E-state index < -0.39 is 0 Å². The topological polar surface area (TPSA) is 222 Å². The first-order valence-corrected chi connectivity index (χ1v) is 33.6. The summed E-state index contributed by atoms with van der Waals surface area (Å²) in [6.45, 7) is 49.3. The van der Waals surface area contributed by atoms with Crippen LogP contribution in [0.25, 0.3) is 0 Å². The molecule has 0 spiro atoms. The van der Waals surface area contributed by atoms with E-state index in [4.69, 9.17) is 0 Å². The van der Waals surface area contributed by atoms with Crippen molar-refractivity contribution in [3.8, 4) is 0 Å². The molecule has 19 heteroatoms. The van der Waals surface area contributed by atoms with Crippen molar-refractivity contribution in [2.24, 2.45) is 41.4 Å². The van der Waals surface area contributed by atoms with E-state index in [1.807, 2.05) is 152 Å². The molecule has 4 amide bonds. The summed E-state index contributed by atoms with van der Waals surface area (Å²) in [5.41, 5.74) is 0.708. The Hall–Kier alpha value is -6.67. The SMILES string of the molecule is C/C=C/C(=O)C(C)C.C=C1CN(C/C=C/C(=O)C(C)C)CC(=O)N1.CC(C)C(=O)/C=C/CN1CCCCC1=O.CC(C)C(=O)/C=C/CN1CCN(C)CC1=O.CC/C=C/C(=O)C(C)C.CCN(C)C/C=C/C(=O)C(C)C.CCN1CCN(C/C=C/C(=O)C(C)C)C(=O)C1. The van der Waals surface area contributed by atoms with Crippen LogP contribution in [0, 0.1) is 41.4 Å². The summed E-state index contributed by atoms with van der Waals surface area (Å²) in [4.78, 5) is 137. The second kappa shape index (κ2) is 53.7. The predicted octanol–water partition coefficient (Wildman–Crippen LogP) is 9.65. The van der Waals surface area contributed by atoms with Gasteiger partial charge in [-0.2, -0.15) is 0 Å². The molecule has 4 saturated heterocycles. The maximum Gasteiger partial charge on any atom is 0.238 e. The van der Waals surface area contributed by atoms with E-state index in [0.717, 1.165) is 71.6 Å². The van der Waals surface area contributed by atoms with Gasteiger partial charge in [-0.1, -0.05) is 167 Å². The van der Waals surface area contributed by atoms with Gasteiger partial charge in [-0.15, -0.1) is 0 Å². The number of nitrogens with one attached hydrogen (secondary N) is 1. The molecule has 0 aromatic heterocycles. The smallest absolute Gasteiger partial charge is 0.238 e. The molecule has 0 aromatic carbocycles. The second-order valence-electron chi connectivity index (χ2n) is 25.5. The predicted molar refractivity (Wildman–Crippen MR) is 379 cm³/mol. The molecule has 0 atom stereocenters. The zero-order valence-corrected chi connectivity index (χ0v) is 61.1. The number of amides is 4. The number of likely N-dealkylation sites (tertiary alicyclic amines) is 1. The lowest BCUT2D eigenvalue weighted by Crippen LogP contribution is -2.50. The highest BCUT2D eigenvalue weighted by Crippen LogP contribution is 2.11. The van der Waals surface area contributed by atoms with Crippen LogP contribution in [-0.4, -0.2) is 217 Å². The third kappa shape index (κ3) is 47.8. The molecule has 0 aliphatic carbocycles. The highest BCUT2D eigenvalue weighted by atomic mass is 16.2. The molecule has 4 heterocycles. The quantitative estimate of drug-likeness (QED) is 0.0756. The second-order valence-corrected chi connectivity index (χ2v) is 25.5. The monoisotopic (exact) mass is 1300 g/mol. The normalized spacial score (nSPS) is 16.1. The Labute approximate surface area is 562 Å². The Bertz CT molecular complexity index is 2500. The summed E-state index contributed by atoms with van der Waals surface area (Å²) in [5.74, 6) is 2.08. The Morgan fingerprint density at radius 1 is 0.452 bits per heavy atom. The van der Waals surface area contributed by atoms with Crippen LogP contribution >= 0.6 is 0 Å². The summed E-state index contributed by atoms with van der Waals surface area (Å²) in [6.07, 6.45) is 27.7. The van der Waals surface area contributed by atoms with Crippen LogP contribution in [0.5, 0.6) is 0 Å². The van der Waals surface area contributed by atoms with Crippen LogP contribution in [0.1, 0.15) is 150 Å². The fourth-order valence-corrected chi connectivity index (χ4v) is 7.66. The molecule has 4 aliphatic heterocycles. The molecule has 19 nitrogen and oxygen atoms in total. The first kappa shape index (κ1) is 90.5. The van der Waals surface area contributed by atoms with E-state index in [1.54, 1.807) is 82.7 Å². The van der Waals surface area contributed by atoms with Gasteiger partial charge in [0.25, 0.3) is 0 Å². The van der Waals surface area contributed by atoms with E-state index in [0.29, 0.717) is 64.5 Å². The van der Waals surface area contributed by atoms with Crippen LogP contribution in [0.2, 0.25) is 0 Å². The third-order valence-electron chi connectivity index (χ3n) is 14.4. The van der Waals surface area contributed by atoms with Crippen molar-refractivity contribution in [1.29, 1.82) is 0 Å². The molecule has 0 bridgehead atoms. The minimum Gasteiger partial charge on any atom is -0.339 e. The van der Waals surface area contributed by atoms with E-state index in [2.05, 4.69) is 35.5 Å². The first-order chi connectivity index (χ1) is 43.6. The number of nitrogens with zero attached hydrogens (tertiary/aromatic N) is 7. The Morgan fingerprint density at radius 3 is 1.17 bits per heavy atom. The molecular formula is C74H124N8O11. The van der Waals surface area contributed by atoms with Gasteiger partial charge in [0, 0.05) is 126 Å². The highest BCUT2D eigenvalue weighted by molar-refractivity contribution is 5.94. The lowest BCUT2D eigenvalue weighted by Gasteiger charge is -2.32. The van der Waals surface area contributed by atoms with Crippen LogP contribution in [0.15, 0.2) is 97.3 Å². The number of allylic oxidation sites excluding steroid dienone is 9. The van der Waals surface area contributed by atoms with Gasteiger partial charge in [0.15, 0.2) is 40.5 Å². The Balaban J connectivity index is -0.00000103. The minimum atomic E-state index is -0.0418. The Morgan fingerprint density at radius 2 is 0.828 bits per heavy atom. The first-order valence-electron chi connectivity index (χ1n) is 33.6. The molecule has 526 valence electrons. The standard InChI is InChI=1S/C13H22N2O2.C12H18N2O2.C12H20N2O2.C12H19NO2.C10H19NO.C8H14O.C7H12O/c1-4-14-8-9-15(13(17)10-14)7-5-6-12(16)11(2)3;1-9(2)11(15)5-4-6-14-7-10(3)13-12(16)8-14;1-10(2)11(15)5-4-6-14-8-7-13(3)9-12(14)16;1-10(2)11(14)6-5-9-13-8-4-3-7-12(13)15;1-5-11(4)8-6-7-10(12)9(2)3;1-4-5-6-8(9)7(2)3;1-4-5-7(8)6(2)3/h5-6,11H,4,7-10H2,1-3H3;4-5,9H,3,6-8H2,1-2H3,(H,13,16);4-5,10H,6-9H2,1-3H3;5-6,10H,3-4,7-9H2,1-2H3;6-7,9H,5,8H2,1-4H3;5-7H,4H2,1-3H3;4-6H,1-3H3/b6-5+;2*5-4+;6-5+;7-6+;6-5+;5-4+. The number of hydrogen-bond donors (Lipinski definition) is 1. The largest absolute Gasteiger partial charge is 0.339 e. The van der Waals surface area contributed by atoms with Crippen molar-refractivity contribution in [1.82, 2.24) is 39.6 Å². The summed E-state index contributed by atoms with van der Waals surface area (Å²) < 4.78 is 0. The molecule has 1 N–H and O–H groups in total. The van der Waals surface area contributed by atoms with Gasteiger partial charge < -0.3 is 24.9 Å². The Kier molecular flexibility index (Phi) is 52.2. The molecule has 0 radical (unpaired) electrons. The van der Waals surface area contributed by atoms with Crippen LogP contribution < -0.4 is 5.32 Å². The zero-order chi connectivity index (χ0) is 71.8. The average molecular weight is 1300 g/mol. The number of carbonyl (C=O) groups is 11. The van der Waals surface area contributed by atoms with Crippen LogP contribution in [-0.2, 0) is 52.7 Å². The van der Waals surface area contributed by atoms with Crippen molar-refractivity contribution >= 4 is 64.1 Å². The van der Waals surface area contributed by atoms with Gasteiger partial charge in [0.05, 0.1) is 19.6 Å². The van der Waals surface area contributed by atoms with Gasteiger partial charge in [-0.3, -0.25) is 67.4 Å². The minimum absolute atomic E-state index is 0.0240. The van der Waals surface area contributed by atoms with Crippen molar-refractivity contribution < 1.29 is 52.7 Å². The summed E-state index contributed by atoms with van der Waals surface area (Å²) in [5, 5.41) is 2.66. The maximum absolute atomic E-state index is 11.7. The number of carbonyl (C=O) groups excluding carboxylic acids is 11. The number of piperidine rings is 1.